The van der Waals surface area contributed by atoms with Gasteiger partial charge >= 0.3 is 5.69 Å². The molecule has 0 atom stereocenters. The molecule has 0 aliphatic heterocycles. The highest BCUT2D eigenvalue weighted by Gasteiger charge is 2.34. The lowest BCUT2D eigenvalue weighted by Crippen LogP contribution is -2.46. The van der Waals surface area contributed by atoms with Crippen LogP contribution in [-0.2, 0) is 12.8 Å². The zero-order valence-electron chi connectivity index (χ0n) is 14.0. The Hall–Kier alpha value is -3.08. The quantitative estimate of drug-likeness (QED) is 0.773. The van der Waals surface area contributed by atoms with Gasteiger partial charge in [-0.15, -0.1) is 0 Å². The van der Waals surface area contributed by atoms with E-state index in [1.165, 1.54) is 15.7 Å². The molecule has 5 nitrogen and oxygen atoms in total. The number of nitrogens with zero attached hydrogens (tertiary/aromatic N) is 1. The molecule has 0 fully saturated rings. The normalized spacial score (nSPS) is 14.9. The molecule has 2 aromatic carbocycles. The lowest BCUT2D eigenvalue weighted by atomic mass is 9.98. The minimum Gasteiger partial charge on any atom is -0.346 e. The zero-order valence-corrected chi connectivity index (χ0v) is 14.0. The first-order chi connectivity index (χ1) is 12.0. The van der Waals surface area contributed by atoms with E-state index in [9.17, 15) is 9.59 Å². The van der Waals surface area contributed by atoms with Gasteiger partial charge in [-0.2, -0.15) is 0 Å². The number of hydrogen-bond acceptors (Lipinski definition) is 2. The molecule has 1 heterocycles. The summed E-state index contributed by atoms with van der Waals surface area (Å²) in [5, 5.41) is 3.17. The topological polar surface area (TPSA) is 66.9 Å². The van der Waals surface area contributed by atoms with E-state index >= 15 is 0 Å². The molecule has 1 aliphatic rings. The molecular weight excluding hydrogens is 314 g/mol. The van der Waals surface area contributed by atoms with Crippen molar-refractivity contribution < 1.29 is 4.79 Å². The van der Waals surface area contributed by atoms with Gasteiger partial charge in [0.1, 0.15) is 0 Å². The van der Waals surface area contributed by atoms with Crippen LogP contribution in [0.2, 0.25) is 0 Å². The molecule has 126 valence electrons. The Kier molecular flexibility index (Phi) is 3.57. The number of fused-ring (bicyclic) bond motifs is 1. The fourth-order valence-electron chi connectivity index (χ4n) is 3.56. The highest BCUT2D eigenvalue weighted by atomic mass is 16.2. The first-order valence-electron chi connectivity index (χ1n) is 8.30. The number of aromatic amines is 1. The molecule has 1 aromatic heterocycles. The van der Waals surface area contributed by atoms with Crippen molar-refractivity contribution in [2.75, 3.05) is 0 Å². The lowest BCUT2D eigenvalue weighted by Gasteiger charge is -2.25. The third kappa shape index (κ3) is 2.89. The van der Waals surface area contributed by atoms with Crippen molar-refractivity contribution in [2.45, 2.75) is 25.3 Å². The summed E-state index contributed by atoms with van der Waals surface area (Å²) in [4.78, 5) is 27.1. The van der Waals surface area contributed by atoms with E-state index in [0.29, 0.717) is 11.3 Å². The number of amides is 1. The van der Waals surface area contributed by atoms with Crippen molar-refractivity contribution in [1.82, 2.24) is 14.9 Å². The zero-order chi connectivity index (χ0) is 17.4. The summed E-state index contributed by atoms with van der Waals surface area (Å²) in [7, 11) is 0. The number of hydrogen-bond donors (Lipinski definition) is 2. The Morgan fingerprint density at radius 3 is 2.48 bits per heavy atom. The number of imidazole rings is 1. The van der Waals surface area contributed by atoms with Crippen molar-refractivity contribution in [3.05, 3.63) is 88.1 Å². The van der Waals surface area contributed by atoms with Crippen molar-refractivity contribution in [2.24, 2.45) is 0 Å². The second-order valence-corrected chi connectivity index (χ2v) is 6.82. The van der Waals surface area contributed by atoms with Crippen molar-refractivity contribution in [1.29, 1.82) is 0 Å². The van der Waals surface area contributed by atoms with E-state index in [2.05, 4.69) is 29.4 Å². The first kappa shape index (κ1) is 15.4. The van der Waals surface area contributed by atoms with Crippen LogP contribution >= 0.6 is 0 Å². The summed E-state index contributed by atoms with van der Waals surface area (Å²) in [6.45, 7) is 2.07. The molecule has 1 amide bonds. The van der Waals surface area contributed by atoms with Crippen LogP contribution in [-0.4, -0.2) is 21.0 Å². The summed E-state index contributed by atoms with van der Waals surface area (Å²) in [5.41, 5.74) is 3.27. The van der Waals surface area contributed by atoms with Gasteiger partial charge < -0.3 is 10.3 Å². The van der Waals surface area contributed by atoms with E-state index < -0.39 is 0 Å². The standard InChI is InChI=1S/C20H19N3O2/c1-20(12-15-5-2-3-6-16(15)13-20)22-18(24)14-7-4-8-17(11-14)23-10-9-21-19(23)25/h2-11H,12-13H2,1H3,(H,21,25)(H,22,24). The summed E-state index contributed by atoms with van der Waals surface area (Å²) < 4.78 is 1.48. The van der Waals surface area contributed by atoms with Crippen LogP contribution in [0.3, 0.4) is 0 Å². The van der Waals surface area contributed by atoms with Crippen molar-refractivity contribution in [3.63, 3.8) is 0 Å². The van der Waals surface area contributed by atoms with E-state index in [4.69, 9.17) is 0 Å². The number of benzene rings is 2. The Morgan fingerprint density at radius 2 is 1.84 bits per heavy atom. The van der Waals surface area contributed by atoms with Crippen molar-refractivity contribution >= 4 is 5.91 Å². The molecule has 3 aromatic rings. The van der Waals surface area contributed by atoms with Crippen LogP contribution in [0.5, 0.6) is 0 Å². The number of carbonyl (C=O) groups is 1. The maximum absolute atomic E-state index is 12.8. The monoisotopic (exact) mass is 333 g/mol. The predicted molar refractivity (Wildman–Crippen MR) is 96.1 cm³/mol. The van der Waals surface area contributed by atoms with Gasteiger partial charge in [0, 0.05) is 23.5 Å². The van der Waals surface area contributed by atoms with E-state index in [1.54, 1.807) is 36.7 Å². The molecule has 1 aliphatic carbocycles. The Labute approximate surface area is 145 Å². The van der Waals surface area contributed by atoms with E-state index in [1.807, 2.05) is 12.1 Å². The van der Waals surface area contributed by atoms with Crippen LogP contribution in [0.1, 0.15) is 28.4 Å². The smallest absolute Gasteiger partial charge is 0.330 e. The molecule has 5 heteroatoms. The molecule has 25 heavy (non-hydrogen) atoms. The largest absolute Gasteiger partial charge is 0.346 e. The van der Waals surface area contributed by atoms with Gasteiger partial charge in [0.05, 0.1) is 5.69 Å². The third-order valence-corrected chi connectivity index (χ3v) is 4.73. The van der Waals surface area contributed by atoms with E-state index in [-0.39, 0.29) is 17.1 Å². The average molecular weight is 333 g/mol. The lowest BCUT2D eigenvalue weighted by molar-refractivity contribution is 0.0909. The Balaban J connectivity index is 1.56. The van der Waals surface area contributed by atoms with Gasteiger partial charge in [-0.3, -0.25) is 9.36 Å². The molecule has 2 N–H and O–H groups in total. The highest BCUT2D eigenvalue weighted by Crippen LogP contribution is 2.29. The van der Waals surface area contributed by atoms with Gasteiger partial charge in [-0.05, 0) is 49.1 Å². The summed E-state index contributed by atoms with van der Waals surface area (Å²) >= 11 is 0. The first-order valence-corrected chi connectivity index (χ1v) is 8.30. The summed E-state index contributed by atoms with van der Waals surface area (Å²) in [6.07, 6.45) is 4.87. The Morgan fingerprint density at radius 1 is 1.12 bits per heavy atom. The van der Waals surface area contributed by atoms with Gasteiger partial charge in [0.25, 0.3) is 5.91 Å². The number of carbonyl (C=O) groups excluding carboxylic acids is 1. The van der Waals surface area contributed by atoms with Crippen LogP contribution < -0.4 is 11.0 Å². The number of rotatable bonds is 3. The number of nitrogens with one attached hydrogen (secondary N) is 2. The molecule has 0 saturated heterocycles. The van der Waals surface area contributed by atoms with Crippen LogP contribution in [0.25, 0.3) is 5.69 Å². The molecule has 0 bridgehead atoms. The predicted octanol–water partition coefficient (Wildman–Crippen LogP) is 2.45. The van der Waals surface area contributed by atoms with Crippen LogP contribution in [0, 0.1) is 0 Å². The summed E-state index contributed by atoms with van der Waals surface area (Å²) in [5.74, 6) is -0.124. The maximum atomic E-state index is 12.8. The Bertz CT molecular complexity index is 975. The molecule has 0 unspecified atom stereocenters. The van der Waals surface area contributed by atoms with Crippen molar-refractivity contribution in [3.8, 4) is 5.69 Å². The second-order valence-electron chi connectivity index (χ2n) is 6.82. The SMILES string of the molecule is CC1(NC(=O)c2cccc(-n3cc[nH]c3=O)c2)Cc2ccccc2C1. The molecule has 0 saturated carbocycles. The average Bonchev–Trinajstić information content (AvgIpc) is 3.17. The third-order valence-electron chi connectivity index (χ3n) is 4.73. The van der Waals surface area contributed by atoms with Crippen LogP contribution in [0.4, 0.5) is 0 Å². The number of H-pyrrole nitrogens is 1. The molecular formula is C20H19N3O2. The number of aromatic nitrogens is 2. The molecule has 0 radical (unpaired) electrons. The fraction of sp³-hybridized carbons (Fsp3) is 0.200. The maximum Gasteiger partial charge on any atom is 0.330 e. The minimum absolute atomic E-state index is 0.124. The minimum atomic E-state index is -0.290. The second kappa shape index (κ2) is 5.77. The van der Waals surface area contributed by atoms with Gasteiger partial charge in [0.2, 0.25) is 0 Å². The molecule has 0 spiro atoms. The fourth-order valence-corrected chi connectivity index (χ4v) is 3.56. The van der Waals surface area contributed by atoms with Gasteiger partial charge in [-0.25, -0.2) is 4.79 Å². The van der Waals surface area contributed by atoms with Gasteiger partial charge in [0.15, 0.2) is 0 Å². The van der Waals surface area contributed by atoms with E-state index in [0.717, 1.165) is 12.8 Å². The summed E-state index contributed by atoms with van der Waals surface area (Å²) in [6, 6.07) is 15.4. The highest BCUT2D eigenvalue weighted by molar-refractivity contribution is 5.95. The molecule has 4 rings (SSSR count). The van der Waals surface area contributed by atoms with Gasteiger partial charge in [-0.1, -0.05) is 30.3 Å². The van der Waals surface area contributed by atoms with Crippen LogP contribution in [0.15, 0.2) is 65.7 Å².